The Hall–Kier alpha value is -0.760. The quantitative estimate of drug-likeness (QED) is 0.810. The van der Waals surface area contributed by atoms with E-state index in [1.54, 1.807) is 0 Å². The molecule has 2 heterocycles. The monoisotopic (exact) mass is 290 g/mol. The van der Waals surface area contributed by atoms with E-state index >= 15 is 0 Å². The second kappa shape index (κ2) is 8.51. The summed E-state index contributed by atoms with van der Waals surface area (Å²) < 4.78 is 0. The van der Waals surface area contributed by atoms with E-state index in [0.29, 0.717) is 0 Å². The summed E-state index contributed by atoms with van der Waals surface area (Å²) in [5.74, 6) is -2.36. The summed E-state index contributed by atoms with van der Waals surface area (Å²) in [5, 5.41) is 18.1. The first-order valence-electron chi connectivity index (χ1n) is 4.98. The summed E-state index contributed by atoms with van der Waals surface area (Å²) >= 11 is 0. The van der Waals surface area contributed by atoms with Gasteiger partial charge in [0.15, 0.2) is 0 Å². The minimum Gasteiger partial charge on any atom is -0.478 e. The molecule has 0 saturated heterocycles. The van der Waals surface area contributed by atoms with Crippen molar-refractivity contribution in [2.45, 2.75) is 0 Å². The normalized spacial score (nSPS) is 9.00. The molecular formula is C12H8N2Na2O4. The first kappa shape index (κ1) is 19.2. The van der Waals surface area contributed by atoms with Gasteiger partial charge in [-0.25, -0.2) is 9.59 Å². The van der Waals surface area contributed by atoms with Crippen LogP contribution in [0.25, 0.3) is 11.4 Å². The van der Waals surface area contributed by atoms with E-state index in [1.165, 1.54) is 36.7 Å². The number of nitrogens with zero attached hydrogens (tertiary/aromatic N) is 2. The Morgan fingerprint density at radius 1 is 0.800 bits per heavy atom. The predicted octanol–water partition coefficient (Wildman–Crippen LogP) is 0.778. The summed E-state index contributed by atoms with van der Waals surface area (Å²) in [6.07, 6.45) is 2.78. The van der Waals surface area contributed by atoms with Crippen molar-refractivity contribution >= 4 is 71.1 Å². The topological polar surface area (TPSA) is 100 Å². The number of carboxylic acids is 2. The van der Waals surface area contributed by atoms with Crippen molar-refractivity contribution in [3.63, 3.8) is 0 Å². The number of aromatic nitrogens is 2. The Labute approximate surface area is 158 Å². The fourth-order valence-corrected chi connectivity index (χ4v) is 1.53. The van der Waals surface area contributed by atoms with Crippen molar-refractivity contribution in [1.82, 2.24) is 9.97 Å². The van der Waals surface area contributed by atoms with E-state index in [2.05, 4.69) is 9.97 Å². The smallest absolute Gasteiger partial charge is 0.337 e. The number of pyridine rings is 2. The number of carboxylic acid groups (broad SMARTS) is 2. The third-order valence-corrected chi connectivity index (χ3v) is 2.30. The molecule has 0 aromatic carbocycles. The fraction of sp³-hybridized carbons (Fsp3) is 0. The Morgan fingerprint density at radius 2 is 1.15 bits per heavy atom. The van der Waals surface area contributed by atoms with E-state index in [9.17, 15) is 9.59 Å². The molecule has 2 aromatic rings. The first-order chi connectivity index (χ1) is 8.61. The van der Waals surface area contributed by atoms with Crippen molar-refractivity contribution < 1.29 is 19.8 Å². The predicted molar refractivity (Wildman–Crippen MR) is 72.9 cm³/mol. The Kier molecular flexibility index (Phi) is 8.19. The number of rotatable bonds is 3. The summed E-state index contributed by atoms with van der Waals surface area (Å²) in [6.45, 7) is 0. The maximum absolute atomic E-state index is 11.1. The van der Waals surface area contributed by atoms with Crippen LogP contribution in [0.2, 0.25) is 0 Å². The number of hydrogen-bond donors (Lipinski definition) is 2. The van der Waals surface area contributed by atoms with Gasteiger partial charge >= 0.3 is 11.9 Å². The molecule has 0 aliphatic rings. The summed E-state index contributed by atoms with van der Waals surface area (Å²) in [6, 6.07) is 5.64. The van der Waals surface area contributed by atoms with Crippen LogP contribution in [-0.4, -0.2) is 91.2 Å². The summed E-state index contributed by atoms with van der Waals surface area (Å²) in [7, 11) is 0. The van der Waals surface area contributed by atoms with Crippen LogP contribution in [0.5, 0.6) is 0 Å². The standard InChI is InChI=1S/C12H8N2O4.2Na/c15-11(16)7-3-1-5-13-9(7)10-8(12(17)18)4-2-6-14-10;;/h1-6H,(H,15,16)(H,17,18);;. The zero-order valence-electron chi connectivity index (χ0n) is 11.1. The van der Waals surface area contributed by atoms with Crippen LogP contribution in [0.1, 0.15) is 20.7 Å². The summed E-state index contributed by atoms with van der Waals surface area (Å²) in [4.78, 5) is 29.9. The van der Waals surface area contributed by atoms with Crippen LogP contribution in [0.3, 0.4) is 0 Å². The molecule has 0 saturated carbocycles. The van der Waals surface area contributed by atoms with Crippen LogP contribution in [0, 0.1) is 0 Å². The molecule has 0 amide bonds. The van der Waals surface area contributed by atoms with Gasteiger partial charge in [0.25, 0.3) is 0 Å². The molecule has 92 valence electrons. The van der Waals surface area contributed by atoms with Crippen LogP contribution < -0.4 is 0 Å². The van der Waals surface area contributed by atoms with E-state index in [-0.39, 0.29) is 81.6 Å². The van der Waals surface area contributed by atoms with Gasteiger partial charge < -0.3 is 10.2 Å². The average Bonchev–Trinajstić information content (AvgIpc) is 2.38. The second-order valence-corrected chi connectivity index (χ2v) is 3.41. The molecule has 2 aromatic heterocycles. The Bertz CT molecular complexity index is 579. The largest absolute Gasteiger partial charge is 0.478 e. The fourth-order valence-electron chi connectivity index (χ4n) is 1.53. The van der Waals surface area contributed by atoms with Gasteiger partial charge in [-0.3, -0.25) is 9.97 Å². The molecule has 0 aliphatic heterocycles. The number of hydrogen-bond acceptors (Lipinski definition) is 4. The Morgan fingerprint density at radius 3 is 1.45 bits per heavy atom. The van der Waals surface area contributed by atoms with Gasteiger partial charge in [0.1, 0.15) is 11.4 Å². The van der Waals surface area contributed by atoms with Gasteiger partial charge in [0, 0.05) is 71.5 Å². The molecule has 0 aliphatic carbocycles. The second-order valence-electron chi connectivity index (χ2n) is 3.41. The molecule has 0 fully saturated rings. The van der Waals surface area contributed by atoms with Crippen LogP contribution in [0.4, 0.5) is 0 Å². The SMILES string of the molecule is O=C(O)c1cccnc1-c1ncccc1C(=O)O.[Na].[Na]. The van der Waals surface area contributed by atoms with Crippen molar-refractivity contribution in [2.24, 2.45) is 0 Å². The van der Waals surface area contributed by atoms with E-state index < -0.39 is 11.9 Å². The molecule has 2 rings (SSSR count). The van der Waals surface area contributed by atoms with Crippen molar-refractivity contribution in [3.05, 3.63) is 47.8 Å². The molecule has 8 heteroatoms. The van der Waals surface area contributed by atoms with Gasteiger partial charge in [0.05, 0.1) is 11.1 Å². The van der Waals surface area contributed by atoms with Gasteiger partial charge in [-0.1, -0.05) is 0 Å². The average molecular weight is 290 g/mol. The minimum atomic E-state index is -1.18. The van der Waals surface area contributed by atoms with Gasteiger partial charge in [-0.15, -0.1) is 0 Å². The minimum absolute atomic E-state index is 0. The molecule has 2 radical (unpaired) electrons. The molecule has 0 bridgehead atoms. The maximum Gasteiger partial charge on any atom is 0.337 e. The summed E-state index contributed by atoms with van der Waals surface area (Å²) in [5.41, 5.74) is -0.0802. The molecule has 0 spiro atoms. The number of aromatic carboxylic acids is 2. The molecule has 6 nitrogen and oxygen atoms in total. The zero-order chi connectivity index (χ0) is 13.1. The maximum atomic E-state index is 11.1. The molecular weight excluding hydrogens is 282 g/mol. The number of carbonyl (C=O) groups is 2. The van der Waals surface area contributed by atoms with E-state index in [4.69, 9.17) is 10.2 Å². The van der Waals surface area contributed by atoms with Gasteiger partial charge in [-0.05, 0) is 24.3 Å². The Balaban J connectivity index is 0.00000180. The van der Waals surface area contributed by atoms with Crippen molar-refractivity contribution in [1.29, 1.82) is 0 Å². The molecule has 0 unspecified atom stereocenters. The van der Waals surface area contributed by atoms with Gasteiger partial charge in [-0.2, -0.15) is 0 Å². The van der Waals surface area contributed by atoms with Crippen LogP contribution in [0.15, 0.2) is 36.7 Å². The van der Waals surface area contributed by atoms with Gasteiger partial charge in [0.2, 0.25) is 0 Å². The molecule has 20 heavy (non-hydrogen) atoms. The van der Waals surface area contributed by atoms with Crippen LogP contribution in [-0.2, 0) is 0 Å². The van der Waals surface area contributed by atoms with Crippen LogP contribution >= 0.6 is 0 Å². The first-order valence-corrected chi connectivity index (χ1v) is 4.98. The van der Waals surface area contributed by atoms with E-state index in [1.807, 2.05) is 0 Å². The third-order valence-electron chi connectivity index (χ3n) is 2.30. The van der Waals surface area contributed by atoms with Crippen molar-refractivity contribution in [3.8, 4) is 11.4 Å². The molecule has 0 atom stereocenters. The third kappa shape index (κ3) is 4.12. The zero-order valence-corrected chi connectivity index (χ0v) is 15.1. The van der Waals surface area contributed by atoms with Crippen molar-refractivity contribution in [2.75, 3.05) is 0 Å². The van der Waals surface area contributed by atoms with E-state index in [0.717, 1.165) is 0 Å². The molecule has 2 N–H and O–H groups in total.